The summed E-state index contributed by atoms with van der Waals surface area (Å²) < 4.78 is 5.16. The number of nitrogens with one attached hydrogen (secondary N) is 2. The van der Waals surface area contributed by atoms with Crippen molar-refractivity contribution in [2.75, 3.05) is 19.0 Å². The van der Waals surface area contributed by atoms with E-state index >= 15 is 0 Å². The molecule has 2 N–H and O–H groups in total. The lowest BCUT2D eigenvalue weighted by molar-refractivity contribution is -0.127. The highest BCUT2D eigenvalue weighted by Gasteiger charge is 2.35. The number of para-hydroxylation sites is 2. The molecule has 0 aromatic heterocycles. The van der Waals surface area contributed by atoms with Gasteiger partial charge in [-0.25, -0.2) is 9.69 Å². The summed E-state index contributed by atoms with van der Waals surface area (Å²) in [4.78, 5) is 37.6. The van der Waals surface area contributed by atoms with Crippen molar-refractivity contribution < 1.29 is 19.1 Å². The van der Waals surface area contributed by atoms with E-state index < -0.39 is 24.4 Å². The Morgan fingerprint density at radius 3 is 2.59 bits per heavy atom. The van der Waals surface area contributed by atoms with Crippen LogP contribution in [0.25, 0.3) is 6.08 Å². The highest BCUT2D eigenvalue weighted by molar-refractivity contribution is 6.30. The summed E-state index contributed by atoms with van der Waals surface area (Å²) in [5.74, 6) is -0.618. The maximum Gasteiger partial charge on any atom is 0.329 e. The van der Waals surface area contributed by atoms with Gasteiger partial charge in [0.05, 0.1) is 12.8 Å². The summed E-state index contributed by atoms with van der Waals surface area (Å²) >= 11 is 5.83. The number of nitrogens with zero attached hydrogens (tertiary/aromatic N) is 1. The molecule has 27 heavy (non-hydrogen) atoms. The predicted octanol–water partition coefficient (Wildman–Crippen LogP) is 2.88. The van der Waals surface area contributed by atoms with Crippen molar-refractivity contribution >= 4 is 41.2 Å². The fraction of sp³-hybridized carbons (Fsp3) is 0.105. The molecule has 0 atom stereocenters. The summed E-state index contributed by atoms with van der Waals surface area (Å²) in [6.45, 7) is -0.416. The highest BCUT2D eigenvalue weighted by Crippen LogP contribution is 2.23. The molecule has 4 amide bonds. The van der Waals surface area contributed by atoms with Crippen molar-refractivity contribution in [3.05, 3.63) is 64.8 Å². The molecule has 1 heterocycles. The van der Waals surface area contributed by atoms with Crippen LogP contribution in [-0.2, 0) is 9.59 Å². The second-order valence-corrected chi connectivity index (χ2v) is 6.12. The lowest BCUT2D eigenvalue weighted by Gasteiger charge is -2.13. The number of halogens is 1. The normalized spacial score (nSPS) is 15.0. The first kappa shape index (κ1) is 18.5. The van der Waals surface area contributed by atoms with Crippen molar-refractivity contribution in [2.24, 2.45) is 0 Å². The Labute approximate surface area is 160 Å². The molecule has 1 aliphatic rings. The number of imide groups is 1. The van der Waals surface area contributed by atoms with Crippen molar-refractivity contribution in [1.82, 2.24) is 10.2 Å². The molecule has 2 aromatic rings. The number of rotatable bonds is 5. The monoisotopic (exact) mass is 385 g/mol. The molecule has 1 fully saturated rings. The first-order chi connectivity index (χ1) is 13.0. The Bertz CT molecular complexity index is 925. The van der Waals surface area contributed by atoms with Crippen molar-refractivity contribution in [2.45, 2.75) is 0 Å². The standard InChI is InChI=1S/C19H16ClN3O4/c1-27-16-5-3-2-4-14(16)21-17(24)11-23-18(25)15(22-19(23)26)10-12-6-8-13(20)9-7-12/h2-10H,11H2,1H3,(H,21,24)(H,22,26). The Morgan fingerprint density at radius 2 is 1.89 bits per heavy atom. The minimum Gasteiger partial charge on any atom is -0.495 e. The van der Waals surface area contributed by atoms with E-state index in [0.29, 0.717) is 22.0 Å². The average Bonchev–Trinajstić information content (AvgIpc) is 2.91. The molecule has 0 saturated carbocycles. The van der Waals surface area contributed by atoms with Gasteiger partial charge in [0.25, 0.3) is 5.91 Å². The maximum absolute atomic E-state index is 12.4. The third-order valence-corrected chi connectivity index (χ3v) is 4.08. The third-order valence-electron chi connectivity index (χ3n) is 3.83. The highest BCUT2D eigenvalue weighted by atomic mass is 35.5. The molecule has 0 radical (unpaired) electrons. The SMILES string of the molecule is COc1ccccc1NC(=O)CN1C(=O)NC(=Cc2ccc(Cl)cc2)C1=O. The number of anilines is 1. The molecular weight excluding hydrogens is 370 g/mol. The number of methoxy groups -OCH3 is 1. The smallest absolute Gasteiger partial charge is 0.329 e. The average molecular weight is 386 g/mol. The fourth-order valence-corrected chi connectivity index (χ4v) is 2.65. The number of ether oxygens (including phenoxy) is 1. The number of carbonyl (C=O) groups is 3. The summed E-state index contributed by atoms with van der Waals surface area (Å²) in [6, 6.07) is 13.0. The Morgan fingerprint density at radius 1 is 1.19 bits per heavy atom. The van der Waals surface area contributed by atoms with Crippen LogP contribution in [0.15, 0.2) is 54.2 Å². The maximum atomic E-state index is 12.4. The van der Waals surface area contributed by atoms with E-state index in [1.807, 2.05) is 0 Å². The van der Waals surface area contributed by atoms with Crippen LogP contribution in [0.5, 0.6) is 5.75 Å². The molecule has 0 spiro atoms. The number of amides is 4. The van der Waals surface area contributed by atoms with E-state index in [1.54, 1.807) is 48.5 Å². The minimum atomic E-state index is -0.657. The van der Waals surface area contributed by atoms with Gasteiger partial charge in [-0.2, -0.15) is 0 Å². The second-order valence-electron chi connectivity index (χ2n) is 5.68. The van der Waals surface area contributed by atoms with Crippen LogP contribution < -0.4 is 15.4 Å². The van der Waals surface area contributed by atoms with Crippen LogP contribution in [0.2, 0.25) is 5.02 Å². The van der Waals surface area contributed by atoms with Gasteiger partial charge in [-0.05, 0) is 35.9 Å². The van der Waals surface area contributed by atoms with Crippen molar-refractivity contribution in [3.63, 3.8) is 0 Å². The zero-order valence-electron chi connectivity index (χ0n) is 14.4. The number of hydrogen-bond acceptors (Lipinski definition) is 4. The fourth-order valence-electron chi connectivity index (χ4n) is 2.52. The molecule has 0 unspecified atom stereocenters. The zero-order chi connectivity index (χ0) is 19.4. The topological polar surface area (TPSA) is 87.7 Å². The summed E-state index contributed by atoms with van der Waals surface area (Å²) in [5.41, 5.74) is 1.24. The molecule has 0 aliphatic carbocycles. The van der Waals surface area contributed by atoms with Crippen LogP contribution in [0, 0.1) is 0 Å². The molecule has 7 nitrogen and oxygen atoms in total. The van der Waals surface area contributed by atoms with E-state index in [2.05, 4.69) is 10.6 Å². The Balaban J connectivity index is 1.70. The molecule has 1 saturated heterocycles. The first-order valence-corrected chi connectivity index (χ1v) is 8.38. The molecule has 8 heteroatoms. The van der Waals surface area contributed by atoms with Gasteiger partial charge in [-0.15, -0.1) is 0 Å². The first-order valence-electron chi connectivity index (χ1n) is 8.01. The number of hydrogen-bond donors (Lipinski definition) is 2. The Hall–Kier alpha value is -3.32. The van der Waals surface area contributed by atoms with Crippen LogP contribution >= 0.6 is 11.6 Å². The van der Waals surface area contributed by atoms with Gasteiger partial charge in [0.2, 0.25) is 5.91 Å². The van der Waals surface area contributed by atoms with Gasteiger partial charge in [-0.1, -0.05) is 35.9 Å². The van der Waals surface area contributed by atoms with Crippen LogP contribution in [0.4, 0.5) is 10.5 Å². The number of benzene rings is 2. The minimum absolute atomic E-state index is 0.0902. The second kappa shape index (κ2) is 7.92. The van der Waals surface area contributed by atoms with Gasteiger partial charge in [0.1, 0.15) is 18.0 Å². The van der Waals surface area contributed by atoms with Gasteiger partial charge >= 0.3 is 6.03 Å². The largest absolute Gasteiger partial charge is 0.495 e. The van der Waals surface area contributed by atoms with Gasteiger partial charge in [-0.3, -0.25) is 9.59 Å². The quantitative estimate of drug-likeness (QED) is 0.612. The van der Waals surface area contributed by atoms with Gasteiger partial charge < -0.3 is 15.4 Å². The van der Waals surface area contributed by atoms with Crippen LogP contribution in [0.1, 0.15) is 5.56 Å². The molecular formula is C19H16ClN3O4. The molecule has 0 bridgehead atoms. The molecule has 138 valence electrons. The third kappa shape index (κ3) is 4.27. The van der Waals surface area contributed by atoms with Crippen LogP contribution in [0.3, 0.4) is 0 Å². The van der Waals surface area contributed by atoms with Gasteiger partial charge in [0.15, 0.2) is 0 Å². The van der Waals surface area contributed by atoms with Crippen LogP contribution in [-0.4, -0.2) is 36.4 Å². The molecule has 3 rings (SSSR count). The van der Waals surface area contributed by atoms with E-state index in [0.717, 1.165) is 4.90 Å². The van der Waals surface area contributed by atoms with Crippen molar-refractivity contribution in [3.8, 4) is 5.75 Å². The predicted molar refractivity (Wildman–Crippen MR) is 101 cm³/mol. The summed E-state index contributed by atoms with van der Waals surface area (Å²) in [7, 11) is 1.48. The number of carbonyl (C=O) groups excluding carboxylic acids is 3. The molecule has 2 aromatic carbocycles. The summed E-state index contributed by atoms with van der Waals surface area (Å²) in [6.07, 6.45) is 1.52. The van der Waals surface area contributed by atoms with Gasteiger partial charge in [0, 0.05) is 5.02 Å². The molecule has 1 aliphatic heterocycles. The Kier molecular flexibility index (Phi) is 5.42. The zero-order valence-corrected chi connectivity index (χ0v) is 15.1. The lowest BCUT2D eigenvalue weighted by atomic mass is 10.2. The van der Waals surface area contributed by atoms with Crippen molar-refractivity contribution in [1.29, 1.82) is 0 Å². The number of urea groups is 1. The summed E-state index contributed by atoms with van der Waals surface area (Å²) in [5, 5.41) is 5.66. The van der Waals surface area contributed by atoms with E-state index in [1.165, 1.54) is 13.2 Å². The van der Waals surface area contributed by atoms with E-state index in [4.69, 9.17) is 16.3 Å². The van der Waals surface area contributed by atoms with E-state index in [9.17, 15) is 14.4 Å². The lowest BCUT2D eigenvalue weighted by Crippen LogP contribution is -2.38. The van der Waals surface area contributed by atoms with E-state index in [-0.39, 0.29) is 5.70 Å².